The van der Waals surface area contributed by atoms with Crippen LogP contribution >= 0.6 is 22.9 Å². The first-order valence-corrected chi connectivity index (χ1v) is 8.07. The topological polar surface area (TPSA) is 72.2 Å². The third-order valence-electron chi connectivity index (χ3n) is 3.14. The Balaban J connectivity index is 1.66. The molecule has 0 saturated carbocycles. The number of imidazole rings is 1. The minimum absolute atomic E-state index is 0.228. The fourth-order valence-corrected chi connectivity index (χ4v) is 3.57. The van der Waals surface area contributed by atoms with E-state index in [0.29, 0.717) is 11.5 Å². The van der Waals surface area contributed by atoms with Crippen molar-refractivity contribution >= 4 is 39.4 Å². The summed E-state index contributed by atoms with van der Waals surface area (Å²) in [6.45, 7) is 0. The first kappa shape index (κ1) is 13.1. The van der Waals surface area contributed by atoms with Gasteiger partial charge in [0.25, 0.3) is 5.91 Å². The highest BCUT2D eigenvalue weighted by atomic mass is 32.1. The number of rotatable bonds is 3. The largest absolute Gasteiger partial charge is 0.302 e. The number of nitrogens with zero attached hydrogens (tertiary/aromatic N) is 4. The number of fused-ring (bicyclic) bond motifs is 1. The van der Waals surface area contributed by atoms with Gasteiger partial charge in [0.2, 0.25) is 0 Å². The standard InChI is InChI=1S/C14H9N5OS2/c20-14(10-7-21-11-6-15-8-19(10)11)16-13-12(22-18-17-13)9-4-2-1-3-5-9/h1-8H,(H,16,20). The minimum Gasteiger partial charge on any atom is -0.302 e. The number of hydrogen-bond acceptors (Lipinski definition) is 6. The molecule has 6 nitrogen and oxygen atoms in total. The number of amides is 1. The molecule has 4 rings (SSSR count). The summed E-state index contributed by atoms with van der Waals surface area (Å²) in [6.07, 6.45) is 3.35. The van der Waals surface area contributed by atoms with Gasteiger partial charge in [0, 0.05) is 5.38 Å². The average molecular weight is 327 g/mol. The summed E-state index contributed by atoms with van der Waals surface area (Å²) in [6, 6.07) is 9.74. The first-order chi connectivity index (χ1) is 10.8. The van der Waals surface area contributed by atoms with Gasteiger partial charge in [-0.15, -0.1) is 16.4 Å². The number of carbonyl (C=O) groups excluding carboxylic acids is 1. The SMILES string of the molecule is O=C(Nc1nnsc1-c1ccccc1)c1csc2cncn12. The lowest BCUT2D eigenvalue weighted by Crippen LogP contribution is -2.14. The van der Waals surface area contributed by atoms with E-state index >= 15 is 0 Å². The number of anilines is 1. The molecule has 3 heterocycles. The summed E-state index contributed by atoms with van der Waals surface area (Å²) in [5, 5.41) is 8.65. The molecule has 4 aromatic rings. The summed E-state index contributed by atoms with van der Waals surface area (Å²) >= 11 is 2.72. The molecule has 0 unspecified atom stereocenters. The van der Waals surface area contributed by atoms with Gasteiger partial charge < -0.3 is 5.32 Å². The second-order valence-corrected chi connectivity index (χ2v) is 6.14. The minimum atomic E-state index is -0.228. The highest BCUT2D eigenvalue weighted by molar-refractivity contribution is 7.15. The maximum atomic E-state index is 12.5. The molecule has 3 aromatic heterocycles. The van der Waals surface area contributed by atoms with Crippen molar-refractivity contribution in [3.63, 3.8) is 0 Å². The maximum absolute atomic E-state index is 12.5. The second-order valence-electron chi connectivity index (χ2n) is 4.49. The summed E-state index contributed by atoms with van der Waals surface area (Å²) in [5.41, 5.74) is 1.51. The van der Waals surface area contributed by atoms with Crippen LogP contribution in [0.2, 0.25) is 0 Å². The molecule has 0 radical (unpaired) electrons. The van der Waals surface area contributed by atoms with E-state index in [4.69, 9.17) is 0 Å². The molecule has 22 heavy (non-hydrogen) atoms. The lowest BCUT2D eigenvalue weighted by Gasteiger charge is -2.03. The number of benzene rings is 1. The Morgan fingerprint density at radius 1 is 1.23 bits per heavy atom. The van der Waals surface area contributed by atoms with Crippen LogP contribution in [-0.2, 0) is 0 Å². The van der Waals surface area contributed by atoms with Gasteiger partial charge in [0.05, 0.1) is 11.1 Å². The number of carbonyl (C=O) groups is 1. The predicted octanol–water partition coefficient (Wildman–Crippen LogP) is 3.17. The van der Waals surface area contributed by atoms with Gasteiger partial charge in [-0.2, -0.15) is 0 Å². The molecule has 0 spiro atoms. The van der Waals surface area contributed by atoms with Crippen molar-refractivity contribution in [3.05, 3.63) is 53.9 Å². The molecule has 0 fully saturated rings. The zero-order chi connectivity index (χ0) is 14.9. The quantitative estimate of drug-likeness (QED) is 0.627. The summed E-state index contributed by atoms with van der Waals surface area (Å²) in [4.78, 5) is 18.2. The Morgan fingerprint density at radius 3 is 2.95 bits per heavy atom. The van der Waals surface area contributed by atoms with Gasteiger partial charge in [0.15, 0.2) is 5.82 Å². The first-order valence-electron chi connectivity index (χ1n) is 6.41. The smallest absolute Gasteiger partial charge is 0.274 e. The average Bonchev–Trinajstić information content (AvgIpc) is 3.24. The maximum Gasteiger partial charge on any atom is 0.274 e. The Labute approximate surface area is 133 Å². The van der Waals surface area contributed by atoms with Crippen LogP contribution in [0.25, 0.3) is 15.3 Å². The van der Waals surface area contributed by atoms with Gasteiger partial charge in [-0.3, -0.25) is 9.20 Å². The van der Waals surface area contributed by atoms with Crippen molar-refractivity contribution in [2.75, 3.05) is 5.32 Å². The van der Waals surface area contributed by atoms with Crippen LogP contribution in [-0.4, -0.2) is 24.9 Å². The number of thiazole rings is 1. The van der Waals surface area contributed by atoms with E-state index in [9.17, 15) is 4.79 Å². The number of nitrogens with one attached hydrogen (secondary N) is 1. The number of hydrogen-bond donors (Lipinski definition) is 1. The lowest BCUT2D eigenvalue weighted by molar-refractivity contribution is 0.102. The zero-order valence-electron chi connectivity index (χ0n) is 11.1. The molecule has 0 atom stereocenters. The van der Waals surface area contributed by atoms with E-state index in [1.54, 1.807) is 22.3 Å². The van der Waals surface area contributed by atoms with Crippen LogP contribution < -0.4 is 5.32 Å². The van der Waals surface area contributed by atoms with Crippen LogP contribution in [0.4, 0.5) is 5.82 Å². The Kier molecular flexibility index (Phi) is 3.17. The summed E-state index contributed by atoms with van der Waals surface area (Å²) in [5.74, 6) is 0.245. The Morgan fingerprint density at radius 2 is 2.09 bits per heavy atom. The Bertz CT molecular complexity index is 940. The van der Waals surface area contributed by atoms with Crippen molar-refractivity contribution in [1.29, 1.82) is 0 Å². The van der Waals surface area contributed by atoms with Crippen molar-refractivity contribution in [2.45, 2.75) is 0 Å². The fourth-order valence-electron chi connectivity index (χ4n) is 2.11. The Hall–Kier alpha value is -2.58. The summed E-state index contributed by atoms with van der Waals surface area (Å²) < 4.78 is 5.70. The normalized spacial score (nSPS) is 10.9. The van der Waals surface area contributed by atoms with Crippen LogP contribution in [0.1, 0.15) is 10.5 Å². The summed E-state index contributed by atoms with van der Waals surface area (Å²) in [7, 11) is 0. The van der Waals surface area contributed by atoms with Crippen molar-refractivity contribution < 1.29 is 4.79 Å². The third kappa shape index (κ3) is 2.18. The third-order valence-corrected chi connectivity index (χ3v) is 4.80. The molecular weight excluding hydrogens is 318 g/mol. The van der Waals surface area contributed by atoms with Crippen LogP contribution in [0, 0.1) is 0 Å². The van der Waals surface area contributed by atoms with Crippen LogP contribution in [0.15, 0.2) is 48.2 Å². The van der Waals surface area contributed by atoms with E-state index in [2.05, 4.69) is 19.9 Å². The van der Waals surface area contributed by atoms with Crippen LogP contribution in [0.3, 0.4) is 0 Å². The molecular formula is C14H9N5OS2. The lowest BCUT2D eigenvalue weighted by atomic mass is 10.2. The van der Waals surface area contributed by atoms with Gasteiger partial charge in [-0.25, -0.2) is 4.98 Å². The monoisotopic (exact) mass is 327 g/mol. The van der Waals surface area contributed by atoms with E-state index < -0.39 is 0 Å². The zero-order valence-corrected chi connectivity index (χ0v) is 12.8. The molecule has 1 N–H and O–H groups in total. The molecule has 1 amide bonds. The van der Waals surface area contributed by atoms with E-state index in [1.807, 2.05) is 30.3 Å². The molecule has 0 aliphatic heterocycles. The van der Waals surface area contributed by atoms with Gasteiger partial charge in [-0.05, 0) is 17.1 Å². The number of aromatic nitrogens is 4. The van der Waals surface area contributed by atoms with Crippen molar-refractivity contribution in [1.82, 2.24) is 19.0 Å². The predicted molar refractivity (Wildman–Crippen MR) is 86.4 cm³/mol. The van der Waals surface area contributed by atoms with E-state index in [-0.39, 0.29) is 5.91 Å². The van der Waals surface area contributed by atoms with Gasteiger partial charge in [0.1, 0.15) is 16.9 Å². The van der Waals surface area contributed by atoms with Crippen molar-refractivity contribution in [2.24, 2.45) is 0 Å². The molecule has 8 heteroatoms. The second kappa shape index (κ2) is 5.32. The van der Waals surface area contributed by atoms with Crippen LogP contribution in [0.5, 0.6) is 0 Å². The van der Waals surface area contributed by atoms with Gasteiger partial charge >= 0.3 is 0 Å². The molecule has 0 bridgehead atoms. The molecule has 0 aliphatic rings. The van der Waals surface area contributed by atoms with E-state index in [1.165, 1.54) is 22.9 Å². The molecule has 0 saturated heterocycles. The highest BCUT2D eigenvalue weighted by Gasteiger charge is 2.17. The fraction of sp³-hybridized carbons (Fsp3) is 0. The van der Waals surface area contributed by atoms with E-state index in [0.717, 1.165) is 15.3 Å². The van der Waals surface area contributed by atoms with Gasteiger partial charge in [-0.1, -0.05) is 34.8 Å². The molecule has 1 aromatic carbocycles. The highest BCUT2D eigenvalue weighted by Crippen LogP contribution is 2.30. The molecule has 108 valence electrons. The molecule has 0 aliphatic carbocycles. The van der Waals surface area contributed by atoms with Crippen molar-refractivity contribution in [3.8, 4) is 10.4 Å².